The first-order valence-electron chi connectivity index (χ1n) is 7.52. The molecule has 0 bridgehead atoms. The fourth-order valence-electron chi connectivity index (χ4n) is 2.41. The summed E-state index contributed by atoms with van der Waals surface area (Å²) in [7, 11) is 1.33. The number of hydrogen-bond donors (Lipinski definition) is 1. The molecule has 0 atom stereocenters. The zero-order valence-electron chi connectivity index (χ0n) is 13.6. The summed E-state index contributed by atoms with van der Waals surface area (Å²) in [6, 6.07) is 13.6. The average Bonchev–Trinajstić information content (AvgIpc) is 3.09. The zero-order chi connectivity index (χ0) is 18.7. The lowest BCUT2D eigenvalue weighted by atomic mass is 10.1. The second kappa shape index (κ2) is 7.91. The minimum Gasteiger partial charge on any atom is -0.465 e. The minimum atomic E-state index is -0.416. The van der Waals surface area contributed by atoms with E-state index in [1.807, 2.05) is 17.5 Å². The van der Waals surface area contributed by atoms with Crippen molar-refractivity contribution in [2.45, 2.75) is 0 Å². The third-order valence-electron chi connectivity index (χ3n) is 3.66. The van der Waals surface area contributed by atoms with Crippen LogP contribution in [0.15, 0.2) is 53.9 Å². The van der Waals surface area contributed by atoms with Crippen LogP contribution < -0.4 is 5.32 Å². The van der Waals surface area contributed by atoms with Gasteiger partial charge in [0.1, 0.15) is 5.00 Å². The molecule has 0 aliphatic rings. The molecule has 132 valence electrons. The second-order valence-corrected chi connectivity index (χ2v) is 7.07. The lowest BCUT2D eigenvalue weighted by molar-refractivity contribution is 0.0600. The van der Waals surface area contributed by atoms with E-state index >= 15 is 0 Å². The van der Waals surface area contributed by atoms with Crippen LogP contribution in [-0.4, -0.2) is 19.0 Å². The van der Waals surface area contributed by atoms with Crippen molar-refractivity contribution in [3.8, 4) is 11.1 Å². The zero-order valence-corrected chi connectivity index (χ0v) is 15.9. The molecule has 0 aliphatic heterocycles. The molecule has 1 amide bonds. The lowest BCUT2D eigenvalue weighted by Gasteiger charge is -2.09. The first-order valence-corrected chi connectivity index (χ1v) is 9.16. The average molecular weight is 406 g/mol. The van der Waals surface area contributed by atoms with Gasteiger partial charge in [-0.3, -0.25) is 4.79 Å². The number of rotatable bonds is 4. The third kappa shape index (κ3) is 3.90. The Hall–Kier alpha value is -2.34. The van der Waals surface area contributed by atoms with Crippen LogP contribution in [0.3, 0.4) is 0 Å². The van der Waals surface area contributed by atoms with Crippen molar-refractivity contribution in [1.82, 2.24) is 0 Å². The molecule has 1 heterocycles. The molecule has 0 fully saturated rings. The highest BCUT2D eigenvalue weighted by molar-refractivity contribution is 7.15. The largest absolute Gasteiger partial charge is 0.465 e. The Morgan fingerprint density at radius 1 is 1.08 bits per heavy atom. The van der Waals surface area contributed by atoms with Gasteiger partial charge in [-0.2, -0.15) is 0 Å². The number of hydrogen-bond acceptors (Lipinski definition) is 4. The highest BCUT2D eigenvalue weighted by Gasteiger charge is 2.15. The van der Waals surface area contributed by atoms with Crippen LogP contribution in [0.4, 0.5) is 5.00 Å². The van der Waals surface area contributed by atoms with E-state index in [0.717, 1.165) is 11.1 Å². The maximum atomic E-state index is 12.5. The van der Waals surface area contributed by atoms with Crippen molar-refractivity contribution < 1.29 is 14.3 Å². The molecule has 3 rings (SSSR count). The van der Waals surface area contributed by atoms with Gasteiger partial charge in [0.05, 0.1) is 23.3 Å². The quantitative estimate of drug-likeness (QED) is 0.561. The highest BCUT2D eigenvalue weighted by atomic mass is 35.5. The Morgan fingerprint density at radius 3 is 2.62 bits per heavy atom. The van der Waals surface area contributed by atoms with Crippen LogP contribution in [0, 0.1) is 0 Å². The van der Waals surface area contributed by atoms with Crippen molar-refractivity contribution in [1.29, 1.82) is 0 Å². The number of amides is 1. The Morgan fingerprint density at radius 2 is 1.88 bits per heavy atom. The molecule has 0 aliphatic carbocycles. The van der Waals surface area contributed by atoms with Crippen LogP contribution in [0.25, 0.3) is 11.1 Å². The van der Waals surface area contributed by atoms with Crippen molar-refractivity contribution in [2.24, 2.45) is 0 Å². The van der Waals surface area contributed by atoms with Gasteiger partial charge >= 0.3 is 5.97 Å². The summed E-state index contributed by atoms with van der Waals surface area (Å²) in [5.41, 5.74) is 2.37. The Balaban J connectivity index is 1.89. The number of carbonyl (C=O) groups excluding carboxylic acids is 2. The lowest BCUT2D eigenvalue weighted by Crippen LogP contribution is -2.12. The van der Waals surface area contributed by atoms with Crippen LogP contribution in [-0.2, 0) is 4.74 Å². The van der Waals surface area contributed by atoms with Gasteiger partial charge in [-0.25, -0.2) is 4.79 Å². The fourth-order valence-corrected chi connectivity index (χ4v) is 3.71. The Bertz CT molecular complexity index is 984. The van der Waals surface area contributed by atoms with Crippen molar-refractivity contribution in [3.05, 3.63) is 75.1 Å². The normalized spacial score (nSPS) is 10.4. The summed E-state index contributed by atoms with van der Waals surface area (Å²) < 4.78 is 4.75. The van der Waals surface area contributed by atoms with Crippen molar-refractivity contribution in [2.75, 3.05) is 12.4 Å². The molecule has 26 heavy (non-hydrogen) atoms. The summed E-state index contributed by atoms with van der Waals surface area (Å²) >= 11 is 13.3. The molecule has 0 unspecified atom stereocenters. The van der Waals surface area contributed by atoms with Gasteiger partial charge in [0.2, 0.25) is 0 Å². The topological polar surface area (TPSA) is 55.4 Å². The van der Waals surface area contributed by atoms with Crippen LogP contribution in [0.2, 0.25) is 10.0 Å². The summed E-state index contributed by atoms with van der Waals surface area (Å²) in [6.45, 7) is 0. The molecule has 0 spiro atoms. The van der Waals surface area contributed by atoms with Gasteiger partial charge in [-0.15, -0.1) is 11.3 Å². The first kappa shape index (κ1) is 18.5. The molecular weight excluding hydrogens is 393 g/mol. The van der Waals surface area contributed by atoms with Crippen molar-refractivity contribution >= 4 is 51.4 Å². The number of halogens is 2. The molecule has 2 aromatic carbocycles. The molecule has 1 N–H and O–H groups in total. The third-order valence-corrected chi connectivity index (χ3v) is 5.04. The van der Waals surface area contributed by atoms with Gasteiger partial charge in [0.15, 0.2) is 0 Å². The minimum absolute atomic E-state index is 0.279. The number of benzene rings is 2. The predicted molar refractivity (Wildman–Crippen MR) is 106 cm³/mol. The summed E-state index contributed by atoms with van der Waals surface area (Å²) in [4.78, 5) is 24.3. The summed E-state index contributed by atoms with van der Waals surface area (Å²) in [6.07, 6.45) is 0. The van der Waals surface area contributed by atoms with E-state index in [4.69, 9.17) is 27.9 Å². The van der Waals surface area contributed by atoms with E-state index in [1.54, 1.807) is 30.3 Å². The molecule has 0 saturated carbocycles. The number of nitrogens with one attached hydrogen (secondary N) is 1. The SMILES string of the molecule is COC(=O)c1cccc(-c2ccsc2NC(=O)c2ccc(Cl)cc2Cl)c1. The van der Waals surface area contributed by atoms with E-state index in [1.165, 1.54) is 24.5 Å². The highest BCUT2D eigenvalue weighted by Crippen LogP contribution is 2.34. The molecule has 0 saturated heterocycles. The Labute approximate surface area is 164 Å². The van der Waals surface area contributed by atoms with E-state index < -0.39 is 5.97 Å². The molecule has 1 aromatic heterocycles. The van der Waals surface area contributed by atoms with Gasteiger partial charge in [-0.05, 0) is 47.3 Å². The smallest absolute Gasteiger partial charge is 0.337 e. The number of methoxy groups -OCH3 is 1. The van der Waals surface area contributed by atoms with E-state index in [9.17, 15) is 9.59 Å². The standard InChI is InChI=1S/C19H13Cl2NO3S/c1-25-19(24)12-4-2-3-11(9-12)14-7-8-26-18(14)22-17(23)15-6-5-13(20)10-16(15)21/h2-10H,1H3,(H,22,23). The van der Waals surface area contributed by atoms with E-state index in [-0.39, 0.29) is 10.9 Å². The maximum absolute atomic E-state index is 12.5. The van der Waals surface area contributed by atoms with Gasteiger partial charge in [0, 0.05) is 10.6 Å². The maximum Gasteiger partial charge on any atom is 0.337 e. The molecule has 4 nitrogen and oxygen atoms in total. The van der Waals surface area contributed by atoms with Gasteiger partial charge < -0.3 is 10.1 Å². The number of esters is 1. The van der Waals surface area contributed by atoms with Crippen LogP contribution in [0.1, 0.15) is 20.7 Å². The second-order valence-electron chi connectivity index (χ2n) is 5.31. The van der Waals surface area contributed by atoms with Crippen LogP contribution >= 0.6 is 34.5 Å². The predicted octanol–water partition coefficient (Wildman–Crippen LogP) is 5.76. The number of ether oxygens (including phenoxy) is 1. The number of carbonyl (C=O) groups is 2. The van der Waals surface area contributed by atoms with Gasteiger partial charge in [0.25, 0.3) is 5.91 Å². The fraction of sp³-hybridized carbons (Fsp3) is 0.0526. The summed E-state index contributed by atoms with van der Waals surface area (Å²) in [5.74, 6) is -0.750. The molecule has 0 radical (unpaired) electrons. The van der Waals surface area contributed by atoms with Crippen molar-refractivity contribution in [3.63, 3.8) is 0 Å². The van der Waals surface area contributed by atoms with Gasteiger partial charge in [-0.1, -0.05) is 35.3 Å². The van der Waals surface area contributed by atoms with E-state index in [0.29, 0.717) is 21.2 Å². The Kier molecular flexibility index (Phi) is 5.61. The van der Waals surface area contributed by atoms with E-state index in [2.05, 4.69) is 5.32 Å². The molecular formula is C19H13Cl2NO3S. The summed E-state index contributed by atoms with van der Waals surface area (Å²) in [5, 5.41) is 6.12. The number of anilines is 1. The van der Waals surface area contributed by atoms with Crippen LogP contribution in [0.5, 0.6) is 0 Å². The molecule has 7 heteroatoms. The first-order chi connectivity index (χ1) is 12.5. The monoisotopic (exact) mass is 405 g/mol. The number of thiophene rings is 1. The molecule has 3 aromatic rings.